The van der Waals surface area contributed by atoms with E-state index in [0.29, 0.717) is 5.75 Å². The molecule has 26 heavy (non-hydrogen) atoms. The minimum absolute atomic E-state index is 0.0249. The topological polar surface area (TPSA) is 76.1 Å². The van der Waals surface area contributed by atoms with Crippen molar-refractivity contribution in [2.24, 2.45) is 0 Å². The minimum Gasteiger partial charge on any atom is -0.376 e. The molecule has 2 aromatic rings. The number of para-hydroxylation sites is 1. The molecule has 1 aliphatic rings. The first-order chi connectivity index (χ1) is 12.7. The Labute approximate surface area is 162 Å². The van der Waals surface area contributed by atoms with Crippen molar-refractivity contribution < 1.29 is 9.53 Å². The van der Waals surface area contributed by atoms with Crippen molar-refractivity contribution in [1.82, 2.24) is 10.2 Å². The number of benzene rings is 1. The Morgan fingerprint density at radius 3 is 3.08 bits per heavy atom. The Hall–Kier alpha value is -1.64. The largest absolute Gasteiger partial charge is 0.376 e. The van der Waals surface area contributed by atoms with E-state index in [1.165, 1.54) is 23.1 Å². The molecule has 1 aromatic heterocycles. The number of rotatable bonds is 8. The van der Waals surface area contributed by atoms with Gasteiger partial charge in [0, 0.05) is 18.8 Å². The maximum atomic E-state index is 12.3. The van der Waals surface area contributed by atoms with Gasteiger partial charge in [-0.1, -0.05) is 48.2 Å². The molecule has 0 aliphatic carbocycles. The van der Waals surface area contributed by atoms with Crippen molar-refractivity contribution in [3.63, 3.8) is 0 Å². The van der Waals surface area contributed by atoms with Crippen LogP contribution in [0.25, 0.3) is 0 Å². The molecule has 2 N–H and O–H groups in total. The number of thioether (sulfide) groups is 1. The van der Waals surface area contributed by atoms with E-state index in [2.05, 4.69) is 27.8 Å². The molecule has 1 saturated heterocycles. The molecular weight excluding hydrogens is 368 g/mol. The molecule has 1 aromatic carbocycles. The molecule has 8 heteroatoms. The van der Waals surface area contributed by atoms with Gasteiger partial charge in [-0.15, -0.1) is 10.2 Å². The highest BCUT2D eigenvalue weighted by Crippen LogP contribution is 2.27. The highest BCUT2D eigenvalue weighted by molar-refractivity contribution is 8.01. The smallest absolute Gasteiger partial charge is 0.234 e. The second kappa shape index (κ2) is 9.34. The molecule has 0 bridgehead atoms. The van der Waals surface area contributed by atoms with E-state index >= 15 is 0 Å². The van der Waals surface area contributed by atoms with Crippen molar-refractivity contribution in [3.05, 3.63) is 29.3 Å². The Balaban J connectivity index is 1.47. The quantitative estimate of drug-likeness (QED) is 0.667. The summed E-state index contributed by atoms with van der Waals surface area (Å²) in [5.74, 6) is 0.292. The fourth-order valence-corrected chi connectivity index (χ4v) is 4.41. The van der Waals surface area contributed by atoms with Crippen LogP contribution in [-0.4, -0.2) is 41.1 Å². The van der Waals surface area contributed by atoms with Crippen LogP contribution in [-0.2, 0) is 16.0 Å². The van der Waals surface area contributed by atoms with Crippen molar-refractivity contribution in [1.29, 1.82) is 0 Å². The van der Waals surface area contributed by atoms with Crippen molar-refractivity contribution in [2.45, 2.75) is 43.6 Å². The zero-order chi connectivity index (χ0) is 18.4. The third kappa shape index (κ3) is 5.18. The number of amides is 1. The first kappa shape index (κ1) is 19.1. The predicted octanol–water partition coefficient (Wildman–Crippen LogP) is 3.73. The molecule has 140 valence electrons. The van der Waals surface area contributed by atoms with Crippen LogP contribution < -0.4 is 10.6 Å². The third-order valence-electron chi connectivity index (χ3n) is 4.24. The van der Waals surface area contributed by atoms with Gasteiger partial charge < -0.3 is 15.4 Å². The van der Waals surface area contributed by atoms with E-state index < -0.39 is 0 Å². The second-order valence-corrected chi connectivity index (χ2v) is 8.39. The molecule has 0 spiro atoms. The van der Waals surface area contributed by atoms with Crippen LogP contribution >= 0.6 is 23.1 Å². The van der Waals surface area contributed by atoms with Gasteiger partial charge >= 0.3 is 0 Å². The fraction of sp³-hybridized carbons (Fsp3) is 0.500. The van der Waals surface area contributed by atoms with Crippen molar-refractivity contribution >= 4 is 39.8 Å². The lowest BCUT2D eigenvalue weighted by molar-refractivity contribution is -0.113. The normalized spacial score (nSPS) is 16.6. The Morgan fingerprint density at radius 1 is 1.42 bits per heavy atom. The minimum atomic E-state index is -0.0249. The number of nitrogens with zero attached hydrogens (tertiary/aromatic N) is 2. The summed E-state index contributed by atoms with van der Waals surface area (Å²) in [4.78, 5) is 12.3. The van der Waals surface area contributed by atoms with Gasteiger partial charge in [-0.05, 0) is 37.3 Å². The molecule has 2 heterocycles. The highest BCUT2D eigenvalue weighted by Gasteiger charge is 2.16. The summed E-state index contributed by atoms with van der Waals surface area (Å²) in [6.07, 6.45) is 3.37. The summed E-state index contributed by atoms with van der Waals surface area (Å²) < 4.78 is 6.37. The van der Waals surface area contributed by atoms with E-state index in [1.54, 1.807) is 0 Å². The average molecular weight is 393 g/mol. The number of carbonyl (C=O) groups excluding carboxylic acids is 1. The molecule has 6 nitrogen and oxygen atoms in total. The molecule has 1 fully saturated rings. The molecule has 3 rings (SSSR count). The summed E-state index contributed by atoms with van der Waals surface area (Å²) in [5.41, 5.74) is 3.16. The van der Waals surface area contributed by atoms with E-state index in [1.807, 2.05) is 25.1 Å². The van der Waals surface area contributed by atoms with Crippen molar-refractivity contribution in [2.75, 3.05) is 29.5 Å². The zero-order valence-electron chi connectivity index (χ0n) is 15.1. The fourth-order valence-electron chi connectivity index (χ4n) is 2.85. The lowest BCUT2D eigenvalue weighted by Crippen LogP contribution is -2.18. The molecule has 0 radical (unpaired) electrons. The molecule has 1 aliphatic heterocycles. The SMILES string of the molecule is CCc1cccc(C)c1NC(=O)CSc1nnc(NCC2CCCO2)s1. The van der Waals surface area contributed by atoms with Crippen LogP contribution in [0, 0.1) is 6.92 Å². The average Bonchev–Trinajstić information content (AvgIpc) is 3.31. The van der Waals surface area contributed by atoms with Gasteiger partial charge in [0.25, 0.3) is 0 Å². The first-order valence-electron chi connectivity index (χ1n) is 8.86. The Bertz CT molecular complexity index is 745. The van der Waals surface area contributed by atoms with Crippen LogP contribution in [0.1, 0.15) is 30.9 Å². The summed E-state index contributed by atoms with van der Waals surface area (Å²) in [6, 6.07) is 6.08. The van der Waals surface area contributed by atoms with Crippen LogP contribution in [0.15, 0.2) is 22.5 Å². The van der Waals surface area contributed by atoms with Gasteiger partial charge in [0.15, 0.2) is 4.34 Å². The molecule has 1 unspecified atom stereocenters. The Kier molecular flexibility index (Phi) is 6.87. The number of nitrogens with one attached hydrogen (secondary N) is 2. The number of ether oxygens (including phenoxy) is 1. The lowest BCUT2D eigenvalue weighted by Gasteiger charge is -2.12. The van der Waals surface area contributed by atoms with Crippen LogP contribution in [0.5, 0.6) is 0 Å². The van der Waals surface area contributed by atoms with E-state index in [9.17, 15) is 4.79 Å². The molecule has 0 saturated carbocycles. The van der Waals surface area contributed by atoms with Crippen LogP contribution in [0.2, 0.25) is 0 Å². The number of hydrogen-bond donors (Lipinski definition) is 2. The zero-order valence-corrected chi connectivity index (χ0v) is 16.7. The van der Waals surface area contributed by atoms with E-state index in [-0.39, 0.29) is 12.0 Å². The van der Waals surface area contributed by atoms with Gasteiger partial charge in [-0.2, -0.15) is 0 Å². The molecular formula is C18H24N4O2S2. The maximum Gasteiger partial charge on any atom is 0.234 e. The number of anilines is 2. The van der Waals surface area contributed by atoms with Crippen LogP contribution in [0.4, 0.5) is 10.8 Å². The first-order valence-corrected chi connectivity index (χ1v) is 10.7. The van der Waals surface area contributed by atoms with E-state index in [4.69, 9.17) is 4.74 Å². The second-order valence-electron chi connectivity index (χ2n) is 6.19. The van der Waals surface area contributed by atoms with Gasteiger partial charge in [-0.25, -0.2) is 0 Å². The standard InChI is InChI=1S/C18H24N4O2S2/c1-3-13-7-4-6-12(2)16(13)20-15(23)11-25-18-22-21-17(26-18)19-10-14-8-5-9-24-14/h4,6-7,14H,3,5,8-11H2,1-2H3,(H,19,21)(H,20,23). The lowest BCUT2D eigenvalue weighted by atomic mass is 10.1. The van der Waals surface area contributed by atoms with E-state index in [0.717, 1.165) is 58.7 Å². The van der Waals surface area contributed by atoms with Gasteiger partial charge in [0.05, 0.1) is 11.9 Å². The number of carbonyl (C=O) groups is 1. The molecule has 1 amide bonds. The van der Waals surface area contributed by atoms with Gasteiger partial charge in [0.1, 0.15) is 0 Å². The third-order valence-corrected chi connectivity index (χ3v) is 6.26. The summed E-state index contributed by atoms with van der Waals surface area (Å²) in [5, 5.41) is 15.3. The summed E-state index contributed by atoms with van der Waals surface area (Å²) in [6.45, 7) is 5.70. The Morgan fingerprint density at radius 2 is 2.31 bits per heavy atom. The summed E-state index contributed by atoms with van der Waals surface area (Å²) >= 11 is 2.88. The number of hydrogen-bond acceptors (Lipinski definition) is 7. The molecule has 1 atom stereocenters. The predicted molar refractivity (Wildman–Crippen MR) is 107 cm³/mol. The summed E-state index contributed by atoms with van der Waals surface area (Å²) in [7, 11) is 0. The number of aromatic nitrogens is 2. The van der Waals surface area contributed by atoms with Crippen molar-refractivity contribution in [3.8, 4) is 0 Å². The monoisotopic (exact) mass is 392 g/mol. The van der Waals surface area contributed by atoms with Gasteiger partial charge in [-0.3, -0.25) is 4.79 Å². The van der Waals surface area contributed by atoms with Crippen LogP contribution in [0.3, 0.4) is 0 Å². The highest BCUT2D eigenvalue weighted by atomic mass is 32.2. The maximum absolute atomic E-state index is 12.3. The number of aryl methyl sites for hydroxylation is 2. The van der Waals surface area contributed by atoms with Gasteiger partial charge in [0.2, 0.25) is 11.0 Å².